The first-order valence-electron chi connectivity index (χ1n) is 5.66. The van der Waals surface area contributed by atoms with E-state index in [-0.39, 0.29) is 5.84 Å². The molecule has 5 heteroatoms. The molecule has 0 saturated carbocycles. The van der Waals surface area contributed by atoms with Crippen LogP contribution in [0.15, 0.2) is 35.8 Å². The summed E-state index contributed by atoms with van der Waals surface area (Å²) in [6.45, 7) is 1.63. The Bertz CT molecular complexity index is 522. The number of nitrogens with two attached hydrogens (primary N) is 1. The number of rotatable bonds is 5. The van der Waals surface area contributed by atoms with Crippen molar-refractivity contribution in [1.29, 1.82) is 5.41 Å². The van der Waals surface area contributed by atoms with Gasteiger partial charge in [-0.05, 0) is 30.1 Å². The number of aromatic nitrogens is 1. The lowest BCUT2D eigenvalue weighted by Crippen LogP contribution is -2.21. The SMILES string of the molecule is CN(Cc1cccs1)Cc1cccnc1C(=N)N. The molecule has 0 aliphatic rings. The van der Waals surface area contributed by atoms with Crippen molar-refractivity contribution in [3.63, 3.8) is 0 Å². The molecule has 0 saturated heterocycles. The van der Waals surface area contributed by atoms with Crippen LogP contribution in [0, 0.1) is 5.41 Å². The van der Waals surface area contributed by atoms with Crippen molar-refractivity contribution in [3.05, 3.63) is 52.0 Å². The number of hydrogen-bond donors (Lipinski definition) is 2. The minimum Gasteiger partial charge on any atom is -0.382 e. The fourth-order valence-corrected chi connectivity index (χ4v) is 2.61. The highest BCUT2D eigenvalue weighted by Gasteiger charge is 2.09. The van der Waals surface area contributed by atoms with E-state index in [0.717, 1.165) is 18.7 Å². The lowest BCUT2D eigenvalue weighted by molar-refractivity contribution is 0.321. The molecule has 0 atom stereocenters. The monoisotopic (exact) mass is 260 g/mol. The van der Waals surface area contributed by atoms with Crippen molar-refractivity contribution in [2.45, 2.75) is 13.1 Å². The summed E-state index contributed by atoms with van der Waals surface area (Å²) in [6.07, 6.45) is 1.67. The molecule has 0 aromatic carbocycles. The van der Waals surface area contributed by atoms with Gasteiger partial charge in [0.25, 0.3) is 0 Å². The predicted molar refractivity (Wildman–Crippen MR) is 74.7 cm³/mol. The van der Waals surface area contributed by atoms with Crippen LogP contribution in [0.4, 0.5) is 0 Å². The van der Waals surface area contributed by atoms with E-state index < -0.39 is 0 Å². The molecule has 0 fully saturated rings. The molecular formula is C13H16N4S. The molecule has 2 heterocycles. The lowest BCUT2D eigenvalue weighted by Gasteiger charge is -2.17. The van der Waals surface area contributed by atoms with Gasteiger partial charge in [0.05, 0.1) is 0 Å². The smallest absolute Gasteiger partial charge is 0.142 e. The zero-order valence-corrected chi connectivity index (χ0v) is 11.1. The largest absolute Gasteiger partial charge is 0.382 e. The first kappa shape index (κ1) is 12.7. The van der Waals surface area contributed by atoms with E-state index in [0.29, 0.717) is 5.69 Å². The number of nitrogens with one attached hydrogen (secondary N) is 1. The summed E-state index contributed by atoms with van der Waals surface area (Å²) >= 11 is 1.75. The molecule has 0 amide bonds. The van der Waals surface area contributed by atoms with Gasteiger partial charge in [0.1, 0.15) is 11.5 Å². The highest BCUT2D eigenvalue weighted by atomic mass is 32.1. The summed E-state index contributed by atoms with van der Waals surface area (Å²) in [5.41, 5.74) is 7.10. The maximum Gasteiger partial charge on any atom is 0.142 e. The summed E-state index contributed by atoms with van der Waals surface area (Å²) in [7, 11) is 2.05. The average molecular weight is 260 g/mol. The molecule has 0 spiro atoms. The summed E-state index contributed by atoms with van der Waals surface area (Å²) in [5.74, 6) is 0.0233. The Morgan fingerprint density at radius 2 is 2.22 bits per heavy atom. The van der Waals surface area contributed by atoms with Crippen LogP contribution in [0.5, 0.6) is 0 Å². The summed E-state index contributed by atoms with van der Waals surface area (Å²) in [5, 5.41) is 9.59. The van der Waals surface area contributed by atoms with Gasteiger partial charge in [-0.3, -0.25) is 15.3 Å². The third kappa shape index (κ3) is 3.15. The van der Waals surface area contributed by atoms with Crippen molar-refractivity contribution in [2.24, 2.45) is 5.73 Å². The van der Waals surface area contributed by atoms with Gasteiger partial charge < -0.3 is 5.73 Å². The molecule has 0 unspecified atom stereocenters. The maximum absolute atomic E-state index is 7.52. The van der Waals surface area contributed by atoms with Gasteiger partial charge in [0, 0.05) is 24.2 Å². The highest BCUT2D eigenvalue weighted by molar-refractivity contribution is 7.09. The van der Waals surface area contributed by atoms with Gasteiger partial charge in [-0.1, -0.05) is 12.1 Å². The molecule has 4 nitrogen and oxygen atoms in total. The van der Waals surface area contributed by atoms with Crippen molar-refractivity contribution < 1.29 is 0 Å². The summed E-state index contributed by atoms with van der Waals surface area (Å²) in [6, 6.07) is 8.02. The maximum atomic E-state index is 7.52. The second-order valence-corrected chi connectivity index (χ2v) is 5.21. The van der Waals surface area contributed by atoms with Crippen LogP contribution in [0.25, 0.3) is 0 Å². The van der Waals surface area contributed by atoms with Crippen molar-refractivity contribution >= 4 is 17.2 Å². The minimum absolute atomic E-state index is 0.0233. The Balaban J connectivity index is 2.07. The fraction of sp³-hybridized carbons (Fsp3) is 0.231. The average Bonchev–Trinajstić information content (AvgIpc) is 2.82. The number of nitrogens with zero attached hydrogens (tertiary/aromatic N) is 2. The molecule has 0 aliphatic carbocycles. The third-order valence-electron chi connectivity index (χ3n) is 2.59. The normalized spacial score (nSPS) is 10.8. The van der Waals surface area contributed by atoms with E-state index in [1.165, 1.54) is 4.88 Å². The van der Waals surface area contributed by atoms with E-state index in [1.807, 2.05) is 12.1 Å². The van der Waals surface area contributed by atoms with Gasteiger partial charge >= 0.3 is 0 Å². The molecule has 0 bridgehead atoms. The molecule has 18 heavy (non-hydrogen) atoms. The number of nitrogen functional groups attached to an aromatic ring is 1. The van der Waals surface area contributed by atoms with Crippen molar-refractivity contribution in [2.75, 3.05) is 7.05 Å². The first-order valence-corrected chi connectivity index (χ1v) is 6.54. The quantitative estimate of drug-likeness (QED) is 0.639. The Morgan fingerprint density at radius 3 is 2.89 bits per heavy atom. The van der Waals surface area contributed by atoms with Gasteiger partial charge in [0.2, 0.25) is 0 Å². The van der Waals surface area contributed by atoms with Crippen molar-refractivity contribution in [3.8, 4) is 0 Å². The molecule has 0 aliphatic heterocycles. The molecular weight excluding hydrogens is 244 g/mol. The summed E-state index contributed by atoms with van der Waals surface area (Å²) < 4.78 is 0. The Morgan fingerprint density at radius 1 is 1.39 bits per heavy atom. The molecule has 0 radical (unpaired) electrons. The second kappa shape index (κ2) is 5.75. The van der Waals surface area contributed by atoms with Crippen LogP contribution in [0.3, 0.4) is 0 Å². The zero-order chi connectivity index (χ0) is 13.0. The third-order valence-corrected chi connectivity index (χ3v) is 3.45. The van der Waals surface area contributed by atoms with Gasteiger partial charge in [-0.15, -0.1) is 11.3 Å². The Kier molecular flexibility index (Phi) is 4.07. The van der Waals surface area contributed by atoms with Gasteiger partial charge in [-0.25, -0.2) is 0 Å². The van der Waals surface area contributed by atoms with E-state index >= 15 is 0 Å². The van der Waals surface area contributed by atoms with Crippen LogP contribution in [-0.2, 0) is 13.1 Å². The topological polar surface area (TPSA) is 66.0 Å². The fourth-order valence-electron chi connectivity index (χ4n) is 1.82. The molecule has 3 N–H and O–H groups in total. The highest BCUT2D eigenvalue weighted by Crippen LogP contribution is 2.14. The Labute approximate surface area is 111 Å². The number of thiophene rings is 1. The van der Waals surface area contributed by atoms with E-state index in [1.54, 1.807) is 17.5 Å². The van der Waals surface area contributed by atoms with E-state index in [2.05, 4.69) is 34.4 Å². The zero-order valence-electron chi connectivity index (χ0n) is 10.3. The van der Waals surface area contributed by atoms with Crippen molar-refractivity contribution in [1.82, 2.24) is 9.88 Å². The van der Waals surface area contributed by atoms with E-state index in [9.17, 15) is 0 Å². The minimum atomic E-state index is 0.0233. The lowest BCUT2D eigenvalue weighted by atomic mass is 10.1. The first-order chi connectivity index (χ1) is 8.66. The Hall–Kier alpha value is -1.72. The van der Waals surface area contributed by atoms with Crippen LogP contribution in [0.1, 0.15) is 16.1 Å². The number of hydrogen-bond acceptors (Lipinski definition) is 4. The van der Waals surface area contributed by atoms with Crippen LogP contribution < -0.4 is 5.73 Å². The molecule has 94 valence electrons. The molecule has 2 aromatic heterocycles. The number of amidine groups is 1. The van der Waals surface area contributed by atoms with Crippen LogP contribution >= 0.6 is 11.3 Å². The second-order valence-electron chi connectivity index (χ2n) is 4.18. The van der Waals surface area contributed by atoms with Crippen LogP contribution in [-0.4, -0.2) is 22.8 Å². The number of pyridine rings is 1. The molecule has 2 aromatic rings. The predicted octanol–water partition coefficient (Wildman–Crippen LogP) is 2.06. The van der Waals surface area contributed by atoms with Gasteiger partial charge in [0.15, 0.2) is 0 Å². The van der Waals surface area contributed by atoms with Gasteiger partial charge in [-0.2, -0.15) is 0 Å². The standard InChI is InChI=1S/C13H16N4S/c1-17(9-11-5-3-7-18-11)8-10-4-2-6-16-12(10)13(14)15/h2-7H,8-9H2,1H3,(H3,14,15). The van der Waals surface area contributed by atoms with E-state index in [4.69, 9.17) is 11.1 Å². The van der Waals surface area contributed by atoms with Crippen LogP contribution in [0.2, 0.25) is 0 Å². The molecule has 2 rings (SSSR count). The summed E-state index contributed by atoms with van der Waals surface area (Å²) in [4.78, 5) is 7.67.